The number of hydrogen-bond acceptors (Lipinski definition) is 8. The molecule has 3 rings (SSSR count). The number of aromatic nitrogens is 2. The van der Waals surface area contributed by atoms with Crippen molar-refractivity contribution in [2.24, 2.45) is 5.92 Å². The number of amides is 2. The van der Waals surface area contributed by atoms with Crippen molar-refractivity contribution >= 4 is 45.6 Å². The number of carbonyl (C=O) groups is 3. The Balaban J connectivity index is 0.00000261. The van der Waals surface area contributed by atoms with Crippen molar-refractivity contribution in [3.8, 4) is 10.6 Å². The van der Waals surface area contributed by atoms with Gasteiger partial charge in [-0.15, -0.1) is 11.3 Å². The first-order valence-corrected chi connectivity index (χ1v) is 9.76. The van der Waals surface area contributed by atoms with Crippen LogP contribution in [0.25, 0.3) is 10.6 Å². The summed E-state index contributed by atoms with van der Waals surface area (Å²) >= 11 is 2.55. The number of thiazole rings is 2. The van der Waals surface area contributed by atoms with Crippen LogP contribution in [-0.2, 0) is 9.59 Å². The fourth-order valence-electron chi connectivity index (χ4n) is 2.77. The molecule has 1 fully saturated rings. The van der Waals surface area contributed by atoms with Crippen molar-refractivity contribution in [3.63, 3.8) is 0 Å². The van der Waals surface area contributed by atoms with Gasteiger partial charge in [0.15, 0.2) is 10.1 Å². The minimum absolute atomic E-state index is 0. The van der Waals surface area contributed by atoms with E-state index >= 15 is 0 Å². The second-order valence-electron chi connectivity index (χ2n) is 6.04. The minimum Gasteiger partial charge on any atom is -0.550 e. The number of anilines is 1. The number of carboxylic acids is 1. The van der Waals surface area contributed by atoms with Crippen LogP contribution in [0.4, 0.5) is 5.13 Å². The number of rotatable bonds is 4. The Morgan fingerprint density at radius 1 is 1.26 bits per heavy atom. The molecule has 0 unspecified atom stereocenters. The van der Waals surface area contributed by atoms with E-state index in [4.69, 9.17) is 0 Å². The van der Waals surface area contributed by atoms with Gasteiger partial charge in [-0.25, -0.2) is 9.97 Å². The maximum absolute atomic E-state index is 12.6. The van der Waals surface area contributed by atoms with E-state index in [1.165, 1.54) is 29.6 Å². The third-order valence-electron chi connectivity index (χ3n) is 4.11. The van der Waals surface area contributed by atoms with Gasteiger partial charge in [0.1, 0.15) is 0 Å². The Morgan fingerprint density at radius 3 is 2.52 bits per heavy atom. The molecular weight excluding hydrogens is 415 g/mol. The van der Waals surface area contributed by atoms with Crippen LogP contribution in [0.5, 0.6) is 0 Å². The van der Waals surface area contributed by atoms with Gasteiger partial charge in [-0.1, -0.05) is 11.3 Å². The maximum atomic E-state index is 12.6. The predicted octanol–water partition coefficient (Wildman–Crippen LogP) is -1.86. The summed E-state index contributed by atoms with van der Waals surface area (Å²) in [7, 11) is 0. The molecule has 8 nitrogen and oxygen atoms in total. The third-order valence-corrected chi connectivity index (χ3v) is 6.04. The fraction of sp³-hybridized carbons (Fsp3) is 0.438. The zero-order valence-corrected chi connectivity index (χ0v) is 20.0. The van der Waals surface area contributed by atoms with E-state index in [2.05, 4.69) is 15.3 Å². The summed E-state index contributed by atoms with van der Waals surface area (Å²) in [6.07, 6.45) is 0.806. The monoisotopic (exact) mass is 432 g/mol. The molecule has 0 spiro atoms. The van der Waals surface area contributed by atoms with Gasteiger partial charge in [-0.05, 0) is 19.8 Å². The summed E-state index contributed by atoms with van der Waals surface area (Å²) in [4.78, 5) is 45.8. The van der Waals surface area contributed by atoms with Crippen molar-refractivity contribution in [2.45, 2.75) is 26.7 Å². The number of likely N-dealkylation sites (tertiary alicyclic amines) is 1. The molecule has 0 bridgehead atoms. The number of aryl methyl sites for hydroxylation is 1. The third kappa shape index (κ3) is 5.43. The van der Waals surface area contributed by atoms with Gasteiger partial charge < -0.3 is 20.1 Å². The van der Waals surface area contributed by atoms with Gasteiger partial charge in [0.25, 0.3) is 5.91 Å². The SMILES string of the molecule is CC(=O)Nc1nc(C)c(-c2csc(C(=O)N3CCC(C(=O)[O-])CC3)n2)s1.[K+]. The number of carboxylic acid groups (broad SMARTS) is 1. The fourth-order valence-corrected chi connectivity index (χ4v) is 4.59. The molecule has 0 radical (unpaired) electrons. The summed E-state index contributed by atoms with van der Waals surface area (Å²) in [5.74, 6) is -1.93. The van der Waals surface area contributed by atoms with Crippen LogP contribution >= 0.6 is 22.7 Å². The van der Waals surface area contributed by atoms with Gasteiger partial charge in [-0.3, -0.25) is 9.59 Å². The Labute approximate surface area is 206 Å². The first-order chi connectivity index (χ1) is 12.3. The largest absolute Gasteiger partial charge is 1.00 e. The van der Waals surface area contributed by atoms with E-state index in [-0.39, 0.29) is 63.2 Å². The molecule has 0 saturated carbocycles. The van der Waals surface area contributed by atoms with Crippen LogP contribution in [0.3, 0.4) is 0 Å². The quantitative estimate of drug-likeness (QED) is 0.567. The summed E-state index contributed by atoms with van der Waals surface area (Å²) < 4.78 is 0. The molecule has 2 amide bonds. The van der Waals surface area contributed by atoms with Crippen molar-refractivity contribution < 1.29 is 70.9 Å². The van der Waals surface area contributed by atoms with E-state index in [0.29, 0.717) is 41.8 Å². The standard InChI is InChI=1S/C16H18N4O4S2.K/c1-8-12(26-16(17-8)18-9(2)21)11-7-25-13(19-11)14(22)20-5-3-10(4-6-20)15(23)24;/h7,10H,3-6H2,1-2H3,(H,23,24)(H,17,18,21);/q;+1/p-1. The Kier molecular flexibility index (Phi) is 8.10. The van der Waals surface area contributed by atoms with Crippen molar-refractivity contribution in [1.29, 1.82) is 0 Å². The topological polar surface area (TPSA) is 115 Å². The van der Waals surface area contributed by atoms with Crippen molar-refractivity contribution in [2.75, 3.05) is 18.4 Å². The molecule has 1 aliphatic rings. The molecule has 11 heteroatoms. The van der Waals surface area contributed by atoms with Gasteiger partial charge in [-0.2, -0.15) is 0 Å². The van der Waals surface area contributed by atoms with Crippen LogP contribution in [-0.4, -0.2) is 45.7 Å². The zero-order chi connectivity index (χ0) is 18.8. The number of nitrogens with one attached hydrogen (secondary N) is 1. The smallest absolute Gasteiger partial charge is 0.550 e. The molecule has 138 valence electrons. The summed E-state index contributed by atoms with van der Waals surface area (Å²) in [5, 5.41) is 16.2. The maximum Gasteiger partial charge on any atom is 1.00 e. The Bertz CT molecular complexity index is 858. The predicted molar refractivity (Wildman–Crippen MR) is 95.9 cm³/mol. The molecule has 1 N–H and O–H groups in total. The average molecular weight is 433 g/mol. The van der Waals surface area contributed by atoms with E-state index in [1.807, 2.05) is 6.92 Å². The van der Waals surface area contributed by atoms with Crippen LogP contribution < -0.4 is 61.8 Å². The van der Waals surface area contributed by atoms with Gasteiger partial charge >= 0.3 is 51.4 Å². The van der Waals surface area contributed by atoms with E-state index in [9.17, 15) is 19.5 Å². The van der Waals surface area contributed by atoms with Crippen LogP contribution in [0.1, 0.15) is 35.3 Å². The van der Waals surface area contributed by atoms with Crippen LogP contribution in [0.2, 0.25) is 0 Å². The second-order valence-corrected chi connectivity index (χ2v) is 7.90. The molecule has 27 heavy (non-hydrogen) atoms. The second kappa shape index (κ2) is 9.68. The molecule has 2 aromatic heterocycles. The molecule has 0 aromatic carbocycles. The van der Waals surface area contributed by atoms with Gasteiger partial charge in [0.2, 0.25) is 5.91 Å². The number of hydrogen-bond donors (Lipinski definition) is 1. The summed E-state index contributed by atoms with van der Waals surface area (Å²) in [6, 6.07) is 0. The Morgan fingerprint density at radius 2 is 1.93 bits per heavy atom. The number of aliphatic carboxylic acids is 1. The first kappa shape index (κ1) is 22.6. The molecule has 3 heterocycles. The van der Waals surface area contributed by atoms with Gasteiger partial charge in [0.05, 0.1) is 16.3 Å². The van der Waals surface area contributed by atoms with E-state index in [1.54, 1.807) is 10.3 Å². The summed E-state index contributed by atoms with van der Waals surface area (Å²) in [6.45, 7) is 4.01. The first-order valence-electron chi connectivity index (χ1n) is 8.06. The molecule has 1 saturated heterocycles. The molecule has 0 aliphatic carbocycles. The van der Waals surface area contributed by atoms with Gasteiger partial charge in [0, 0.05) is 37.3 Å². The number of carbonyl (C=O) groups excluding carboxylic acids is 3. The van der Waals surface area contributed by atoms with Crippen molar-refractivity contribution in [1.82, 2.24) is 14.9 Å². The Hall–Kier alpha value is -0.694. The molecular formula is C16H17KN4O4S2. The molecule has 2 aromatic rings. The van der Waals surface area contributed by atoms with E-state index < -0.39 is 11.9 Å². The van der Waals surface area contributed by atoms with Crippen LogP contribution in [0, 0.1) is 12.8 Å². The average Bonchev–Trinajstić information content (AvgIpc) is 3.20. The molecule has 0 atom stereocenters. The molecule has 1 aliphatic heterocycles. The van der Waals surface area contributed by atoms with E-state index in [0.717, 1.165) is 10.6 Å². The zero-order valence-electron chi connectivity index (χ0n) is 15.3. The summed E-state index contributed by atoms with van der Waals surface area (Å²) in [5.41, 5.74) is 1.38. The van der Waals surface area contributed by atoms with Crippen molar-refractivity contribution in [3.05, 3.63) is 16.1 Å². The van der Waals surface area contributed by atoms with Crippen LogP contribution in [0.15, 0.2) is 5.38 Å². The minimum atomic E-state index is -1.05. The normalized spacial score (nSPS) is 14.5. The number of nitrogens with zero attached hydrogens (tertiary/aromatic N) is 3. The number of piperidine rings is 1.